The van der Waals surface area contributed by atoms with Crippen molar-refractivity contribution in [1.82, 2.24) is 14.8 Å². The molecule has 0 atom stereocenters. The first-order valence-corrected chi connectivity index (χ1v) is 6.21. The van der Waals surface area contributed by atoms with Crippen LogP contribution in [-0.4, -0.2) is 25.8 Å². The van der Waals surface area contributed by atoms with Gasteiger partial charge in [-0.3, -0.25) is 0 Å². The van der Waals surface area contributed by atoms with Crippen LogP contribution >= 0.6 is 0 Å². The lowest BCUT2D eigenvalue weighted by atomic mass is 10.2. The summed E-state index contributed by atoms with van der Waals surface area (Å²) >= 11 is 0. The topological polar surface area (TPSA) is 98.5 Å². The molecule has 0 spiro atoms. The van der Waals surface area contributed by atoms with Crippen LogP contribution in [0.4, 0.5) is 0 Å². The van der Waals surface area contributed by atoms with Crippen molar-refractivity contribution in [3.05, 3.63) is 42.0 Å². The molecule has 0 amide bonds. The number of rotatable bonds is 5. The van der Waals surface area contributed by atoms with Gasteiger partial charge in [-0.2, -0.15) is 5.10 Å². The summed E-state index contributed by atoms with van der Waals surface area (Å²) in [5, 5.41) is 15.8. The van der Waals surface area contributed by atoms with E-state index in [-0.39, 0.29) is 11.9 Å². The molecule has 106 valence electrons. The molecule has 7 nitrogen and oxygen atoms in total. The van der Waals surface area contributed by atoms with Crippen molar-refractivity contribution in [3.8, 4) is 5.75 Å². The first-order valence-electron chi connectivity index (χ1n) is 6.21. The van der Waals surface area contributed by atoms with E-state index in [0.29, 0.717) is 17.9 Å². The molecular weight excluding hydrogens is 258 g/mol. The third-order valence-corrected chi connectivity index (χ3v) is 2.74. The zero-order valence-electron chi connectivity index (χ0n) is 11.4. The van der Waals surface area contributed by atoms with E-state index in [1.807, 2.05) is 13.8 Å². The minimum absolute atomic E-state index is 0.0424. The Balaban J connectivity index is 2.09. The van der Waals surface area contributed by atoms with E-state index in [1.54, 1.807) is 28.9 Å². The van der Waals surface area contributed by atoms with Crippen LogP contribution in [-0.2, 0) is 6.61 Å². The molecule has 0 bridgehead atoms. The second kappa shape index (κ2) is 6.05. The van der Waals surface area contributed by atoms with Gasteiger partial charge in [-0.25, -0.2) is 9.67 Å². The van der Waals surface area contributed by atoms with Gasteiger partial charge in [-0.05, 0) is 26.0 Å². The highest BCUT2D eigenvalue weighted by Crippen LogP contribution is 2.15. The summed E-state index contributed by atoms with van der Waals surface area (Å²) in [4.78, 5) is 4.16. The van der Waals surface area contributed by atoms with E-state index < -0.39 is 0 Å². The lowest BCUT2D eigenvalue weighted by molar-refractivity contribution is 0.282. The Morgan fingerprint density at radius 2 is 2.30 bits per heavy atom. The number of aromatic nitrogens is 3. The normalized spacial score (nSPS) is 11.8. The van der Waals surface area contributed by atoms with Gasteiger partial charge in [-0.1, -0.05) is 17.3 Å². The number of ether oxygens (including phenoxy) is 1. The number of nitrogens with zero attached hydrogens (tertiary/aromatic N) is 4. The zero-order chi connectivity index (χ0) is 14.5. The van der Waals surface area contributed by atoms with Crippen molar-refractivity contribution in [1.29, 1.82) is 0 Å². The van der Waals surface area contributed by atoms with Crippen LogP contribution in [0.25, 0.3) is 0 Å². The van der Waals surface area contributed by atoms with E-state index in [2.05, 4.69) is 15.2 Å². The molecule has 0 aliphatic rings. The van der Waals surface area contributed by atoms with Crippen LogP contribution in [0.3, 0.4) is 0 Å². The highest BCUT2D eigenvalue weighted by atomic mass is 16.5. The Morgan fingerprint density at radius 3 is 3.00 bits per heavy atom. The van der Waals surface area contributed by atoms with Gasteiger partial charge in [0.15, 0.2) is 11.7 Å². The van der Waals surface area contributed by atoms with Gasteiger partial charge < -0.3 is 15.7 Å². The van der Waals surface area contributed by atoms with Crippen molar-refractivity contribution >= 4 is 5.84 Å². The number of amidine groups is 1. The van der Waals surface area contributed by atoms with E-state index in [9.17, 15) is 0 Å². The number of hydrogen-bond donors (Lipinski definition) is 2. The van der Waals surface area contributed by atoms with Crippen LogP contribution in [0.5, 0.6) is 5.75 Å². The van der Waals surface area contributed by atoms with Crippen LogP contribution in [0, 0.1) is 0 Å². The van der Waals surface area contributed by atoms with Crippen LogP contribution < -0.4 is 10.5 Å². The highest BCUT2D eigenvalue weighted by Gasteiger charge is 2.08. The zero-order valence-corrected chi connectivity index (χ0v) is 11.4. The van der Waals surface area contributed by atoms with Crippen LogP contribution in [0.1, 0.15) is 31.3 Å². The van der Waals surface area contributed by atoms with Gasteiger partial charge in [0, 0.05) is 11.6 Å². The summed E-state index contributed by atoms with van der Waals surface area (Å²) in [6.45, 7) is 4.35. The average Bonchev–Trinajstić information content (AvgIpc) is 2.93. The van der Waals surface area contributed by atoms with Gasteiger partial charge in [0.1, 0.15) is 18.7 Å². The van der Waals surface area contributed by atoms with E-state index >= 15 is 0 Å². The maximum absolute atomic E-state index is 8.66. The number of oxime groups is 1. The van der Waals surface area contributed by atoms with Gasteiger partial charge in [0.05, 0.1) is 0 Å². The fourth-order valence-corrected chi connectivity index (χ4v) is 1.76. The second-order valence-electron chi connectivity index (χ2n) is 4.52. The molecule has 0 aliphatic heterocycles. The van der Waals surface area contributed by atoms with Gasteiger partial charge in [0.2, 0.25) is 0 Å². The van der Waals surface area contributed by atoms with Crippen molar-refractivity contribution in [2.75, 3.05) is 0 Å². The first-order chi connectivity index (χ1) is 9.61. The SMILES string of the molecule is CC(C)n1ncnc1COc1cccc(C(N)=NO)c1. The average molecular weight is 275 g/mol. The third-order valence-electron chi connectivity index (χ3n) is 2.74. The Morgan fingerprint density at radius 1 is 1.50 bits per heavy atom. The fraction of sp³-hybridized carbons (Fsp3) is 0.308. The molecule has 2 rings (SSSR count). The lowest BCUT2D eigenvalue weighted by Crippen LogP contribution is -2.13. The third kappa shape index (κ3) is 3.05. The predicted octanol–water partition coefficient (Wildman–Crippen LogP) is 1.53. The Labute approximate surface area is 116 Å². The Kier molecular flexibility index (Phi) is 4.19. The predicted molar refractivity (Wildman–Crippen MR) is 73.7 cm³/mol. The molecule has 0 fully saturated rings. The van der Waals surface area contributed by atoms with Crippen molar-refractivity contribution in [3.63, 3.8) is 0 Å². The van der Waals surface area contributed by atoms with Crippen molar-refractivity contribution in [2.24, 2.45) is 10.9 Å². The molecule has 0 unspecified atom stereocenters. The first kappa shape index (κ1) is 13.9. The molecule has 0 saturated carbocycles. The van der Waals surface area contributed by atoms with Crippen molar-refractivity contribution in [2.45, 2.75) is 26.5 Å². The summed E-state index contributed by atoms with van der Waals surface area (Å²) in [5.74, 6) is 1.41. The lowest BCUT2D eigenvalue weighted by Gasteiger charge is -2.11. The Hall–Kier alpha value is -2.57. The molecule has 3 N–H and O–H groups in total. The number of hydrogen-bond acceptors (Lipinski definition) is 5. The molecule has 0 radical (unpaired) electrons. The van der Waals surface area contributed by atoms with Crippen molar-refractivity contribution < 1.29 is 9.94 Å². The van der Waals surface area contributed by atoms with E-state index in [1.165, 1.54) is 6.33 Å². The highest BCUT2D eigenvalue weighted by molar-refractivity contribution is 5.97. The molecule has 1 aromatic carbocycles. The largest absolute Gasteiger partial charge is 0.486 e. The number of nitrogens with two attached hydrogens (primary N) is 1. The molecule has 0 aliphatic carbocycles. The molecule has 7 heteroatoms. The summed E-state index contributed by atoms with van der Waals surface area (Å²) in [5.41, 5.74) is 6.13. The van der Waals surface area contributed by atoms with E-state index in [4.69, 9.17) is 15.7 Å². The second-order valence-corrected chi connectivity index (χ2v) is 4.52. The van der Waals surface area contributed by atoms with E-state index in [0.717, 1.165) is 5.82 Å². The molecule has 20 heavy (non-hydrogen) atoms. The number of benzene rings is 1. The summed E-state index contributed by atoms with van der Waals surface area (Å²) < 4.78 is 7.46. The standard InChI is InChI=1S/C13H17N5O2/c1-9(2)18-12(15-8-16-18)7-20-11-5-3-4-10(6-11)13(14)17-19/h3-6,8-9,19H,7H2,1-2H3,(H2,14,17). The minimum atomic E-state index is 0.0424. The van der Waals surface area contributed by atoms with Gasteiger partial charge in [-0.15, -0.1) is 0 Å². The van der Waals surface area contributed by atoms with Gasteiger partial charge >= 0.3 is 0 Å². The quantitative estimate of drug-likeness (QED) is 0.373. The smallest absolute Gasteiger partial charge is 0.170 e. The van der Waals surface area contributed by atoms with Crippen LogP contribution in [0.15, 0.2) is 35.7 Å². The maximum Gasteiger partial charge on any atom is 0.170 e. The molecule has 2 aromatic rings. The maximum atomic E-state index is 8.66. The molecule has 1 heterocycles. The van der Waals surface area contributed by atoms with Gasteiger partial charge in [0.25, 0.3) is 0 Å². The molecular formula is C13H17N5O2. The molecule has 1 aromatic heterocycles. The summed E-state index contributed by atoms with van der Waals surface area (Å²) in [7, 11) is 0. The molecule has 0 saturated heterocycles. The summed E-state index contributed by atoms with van der Waals surface area (Å²) in [6, 6.07) is 7.23. The monoisotopic (exact) mass is 275 g/mol. The van der Waals surface area contributed by atoms with Crippen LogP contribution in [0.2, 0.25) is 0 Å². The fourth-order valence-electron chi connectivity index (χ4n) is 1.76. The Bertz CT molecular complexity index is 606. The minimum Gasteiger partial charge on any atom is -0.486 e. The summed E-state index contributed by atoms with van der Waals surface area (Å²) in [6.07, 6.45) is 1.51.